The second-order valence-electron chi connectivity index (χ2n) is 24.3. The number of hydrogen-bond acceptors (Lipinski definition) is 1. The fourth-order valence-corrected chi connectivity index (χ4v) is 16.1. The number of nitrogens with zero attached hydrogens (tertiary/aromatic N) is 5. The van der Waals surface area contributed by atoms with Gasteiger partial charge in [-0.15, -0.1) is 0 Å². The van der Waals surface area contributed by atoms with Crippen LogP contribution in [-0.2, 0) is 0 Å². The normalized spacial score (nSPS) is 12.6. The van der Waals surface area contributed by atoms with E-state index >= 15 is 0 Å². The maximum Gasteiger partial charge on any atom is 0.253 e. The standard InChI is InChI=1S/C84H52BN5/c1-6-25-53(26-7-1)56-47-78-81-79(48-56)90(83-60(54-27-8-2-9-28-54)39-24-40-61(83)55-29-10-3-11-30-55)76-50-67-66-49-59(88-70-41-20-16-35-62(70)63-36-17-21-42-71(63)88)45-46-74(66)86(57-31-12-4-13-32-57)75(67)52-69(76)85(81)82-80-65-38-19-23-44-73(65)87(58-33-14-5-15-34-58)77(80)51-68-64-37-18-22-43-72(64)89(78)84(68)82/h1-52H. The van der Waals surface area contributed by atoms with Gasteiger partial charge in [0.2, 0.25) is 0 Å². The van der Waals surface area contributed by atoms with Crippen LogP contribution in [-0.4, -0.2) is 25.0 Å². The van der Waals surface area contributed by atoms with Crippen LogP contribution in [0.5, 0.6) is 0 Å². The summed E-state index contributed by atoms with van der Waals surface area (Å²) in [6.07, 6.45) is 0. The highest BCUT2D eigenvalue weighted by Crippen LogP contribution is 2.52. The molecule has 14 aromatic carbocycles. The summed E-state index contributed by atoms with van der Waals surface area (Å²) in [6.45, 7) is -0.243. The van der Waals surface area contributed by atoms with E-state index in [-0.39, 0.29) is 6.71 Å². The molecule has 2 aliphatic heterocycles. The van der Waals surface area contributed by atoms with Crippen molar-refractivity contribution in [2.75, 3.05) is 4.90 Å². The van der Waals surface area contributed by atoms with E-state index in [1.807, 2.05) is 0 Å². The Balaban J connectivity index is 1.01. The molecule has 0 saturated heterocycles. The lowest BCUT2D eigenvalue weighted by atomic mass is 9.33. The topological polar surface area (TPSA) is 23.0 Å². The Morgan fingerprint density at radius 2 is 0.689 bits per heavy atom. The van der Waals surface area contributed by atoms with Gasteiger partial charge in [-0.1, -0.05) is 218 Å². The van der Waals surface area contributed by atoms with Gasteiger partial charge >= 0.3 is 0 Å². The molecule has 0 amide bonds. The first kappa shape index (κ1) is 49.3. The van der Waals surface area contributed by atoms with Gasteiger partial charge in [-0.25, -0.2) is 0 Å². The summed E-state index contributed by atoms with van der Waals surface area (Å²) in [6, 6.07) is 118. The predicted octanol–water partition coefficient (Wildman–Crippen LogP) is 19.7. The summed E-state index contributed by atoms with van der Waals surface area (Å²) in [7, 11) is 0. The number of fused-ring (bicyclic) bond motifs is 17. The van der Waals surface area contributed by atoms with Crippen LogP contribution in [0.1, 0.15) is 0 Å². The first-order valence-corrected chi connectivity index (χ1v) is 31.2. The maximum absolute atomic E-state index is 2.70. The van der Waals surface area contributed by atoms with Crippen molar-refractivity contribution in [3.05, 3.63) is 315 Å². The molecule has 20 rings (SSSR count). The lowest BCUT2D eigenvalue weighted by Crippen LogP contribution is -2.60. The summed E-state index contributed by atoms with van der Waals surface area (Å²) < 4.78 is 10.2. The van der Waals surface area contributed by atoms with Crippen molar-refractivity contribution >= 4 is 127 Å². The molecule has 90 heavy (non-hydrogen) atoms. The molecule has 2 aliphatic rings. The Hall–Kier alpha value is -11.9. The Labute approximate surface area is 519 Å². The van der Waals surface area contributed by atoms with Crippen LogP contribution < -0.4 is 21.3 Å². The molecule has 4 aromatic heterocycles. The van der Waals surface area contributed by atoms with Gasteiger partial charge < -0.3 is 23.2 Å². The molecule has 0 radical (unpaired) electrons. The van der Waals surface area contributed by atoms with Crippen LogP contribution in [0, 0.1) is 0 Å². The minimum absolute atomic E-state index is 0.243. The van der Waals surface area contributed by atoms with E-state index in [0.29, 0.717) is 0 Å². The van der Waals surface area contributed by atoms with E-state index in [1.54, 1.807) is 0 Å². The molecule has 0 atom stereocenters. The van der Waals surface area contributed by atoms with Crippen molar-refractivity contribution in [3.8, 4) is 56.1 Å². The van der Waals surface area contributed by atoms with Gasteiger partial charge in [0.25, 0.3) is 6.71 Å². The molecule has 18 aromatic rings. The lowest BCUT2D eigenvalue weighted by molar-refractivity contribution is 1.16. The van der Waals surface area contributed by atoms with Gasteiger partial charge in [0.15, 0.2) is 0 Å². The Morgan fingerprint density at radius 1 is 0.233 bits per heavy atom. The summed E-state index contributed by atoms with van der Waals surface area (Å²) in [4.78, 5) is 2.70. The average Bonchev–Trinajstić information content (AvgIpc) is 1.02. The molecule has 0 spiro atoms. The van der Waals surface area contributed by atoms with E-state index < -0.39 is 0 Å². The van der Waals surface area contributed by atoms with Crippen molar-refractivity contribution in [3.63, 3.8) is 0 Å². The first-order chi connectivity index (χ1) is 44.7. The van der Waals surface area contributed by atoms with E-state index in [9.17, 15) is 0 Å². The van der Waals surface area contributed by atoms with Gasteiger partial charge in [0, 0.05) is 88.3 Å². The number of anilines is 3. The first-order valence-electron chi connectivity index (χ1n) is 31.2. The number of para-hydroxylation sites is 7. The molecule has 0 fully saturated rings. The molecule has 0 saturated carbocycles. The van der Waals surface area contributed by atoms with Crippen molar-refractivity contribution in [2.24, 2.45) is 0 Å². The number of hydrogen-bond donors (Lipinski definition) is 0. The molecule has 0 bridgehead atoms. The van der Waals surface area contributed by atoms with Crippen molar-refractivity contribution < 1.29 is 0 Å². The third-order valence-corrected chi connectivity index (χ3v) is 19.7. The predicted molar refractivity (Wildman–Crippen MR) is 379 cm³/mol. The van der Waals surface area contributed by atoms with E-state index in [0.717, 1.165) is 78.5 Å². The molecule has 416 valence electrons. The van der Waals surface area contributed by atoms with Crippen LogP contribution in [0.15, 0.2) is 315 Å². The van der Waals surface area contributed by atoms with Gasteiger partial charge in [-0.2, -0.15) is 0 Å². The Kier molecular flexibility index (Phi) is 10.3. The van der Waals surface area contributed by atoms with Gasteiger partial charge in [0.1, 0.15) is 0 Å². The molecule has 0 aliphatic carbocycles. The van der Waals surface area contributed by atoms with Crippen LogP contribution >= 0.6 is 0 Å². The van der Waals surface area contributed by atoms with Gasteiger partial charge in [-0.05, 0) is 136 Å². The van der Waals surface area contributed by atoms with Crippen LogP contribution in [0.3, 0.4) is 0 Å². The largest absolute Gasteiger partial charge is 0.310 e. The molecule has 6 heteroatoms. The van der Waals surface area contributed by atoms with Gasteiger partial charge in [-0.3, -0.25) is 0 Å². The highest BCUT2D eigenvalue weighted by molar-refractivity contribution is 7.02. The zero-order valence-electron chi connectivity index (χ0n) is 48.8. The number of benzene rings is 14. The molecular formula is C84H52BN5. The van der Waals surface area contributed by atoms with Crippen molar-refractivity contribution in [1.29, 1.82) is 0 Å². The highest BCUT2D eigenvalue weighted by atomic mass is 15.2. The van der Waals surface area contributed by atoms with Crippen molar-refractivity contribution in [1.82, 2.24) is 18.3 Å². The van der Waals surface area contributed by atoms with Crippen LogP contribution in [0.2, 0.25) is 0 Å². The Bertz CT molecular complexity index is 5910. The monoisotopic (exact) mass is 1140 g/mol. The summed E-state index contributed by atoms with van der Waals surface area (Å²) in [5.41, 5.74) is 28.3. The zero-order valence-corrected chi connectivity index (χ0v) is 48.8. The Morgan fingerprint density at radius 3 is 1.29 bits per heavy atom. The average molecular weight is 1140 g/mol. The second-order valence-corrected chi connectivity index (χ2v) is 24.3. The van der Waals surface area contributed by atoms with Crippen LogP contribution in [0.4, 0.5) is 17.1 Å². The minimum atomic E-state index is -0.243. The number of rotatable bonds is 7. The molecule has 0 unspecified atom stereocenters. The summed E-state index contributed by atoms with van der Waals surface area (Å²) >= 11 is 0. The third-order valence-electron chi connectivity index (χ3n) is 19.7. The maximum atomic E-state index is 2.70. The van der Waals surface area contributed by atoms with Crippen molar-refractivity contribution in [2.45, 2.75) is 0 Å². The summed E-state index contributed by atoms with van der Waals surface area (Å²) in [5, 5.41) is 9.82. The molecule has 5 nitrogen and oxygen atoms in total. The molecule has 0 N–H and O–H groups in total. The van der Waals surface area contributed by atoms with Crippen LogP contribution in [0.25, 0.3) is 143 Å². The fourth-order valence-electron chi connectivity index (χ4n) is 16.1. The van der Waals surface area contributed by atoms with E-state index in [2.05, 4.69) is 339 Å². The lowest BCUT2D eigenvalue weighted by Gasteiger charge is -2.42. The highest BCUT2D eigenvalue weighted by Gasteiger charge is 2.46. The zero-order chi connectivity index (χ0) is 58.7. The SMILES string of the molecule is c1ccc(-c2cc3c4c(c2)-n2c5ccccc5c5cc6c(c(c52)B4c2cc4c(cc2N3c2c(-c3ccccc3)cccc2-c2ccccc2)c2cc(-n3c5ccccc5c5ccccc53)ccc2n4-c2ccccc2)c2ccccc2n6-c2ccccc2)cc1. The quantitative estimate of drug-likeness (QED) is 0.146. The molecular weight excluding hydrogens is 1090 g/mol. The fraction of sp³-hybridized carbons (Fsp3) is 0. The molecule has 6 heterocycles. The third kappa shape index (κ3) is 6.82. The summed E-state index contributed by atoms with van der Waals surface area (Å²) in [5.74, 6) is 0. The van der Waals surface area contributed by atoms with E-state index in [1.165, 1.54) is 98.3 Å². The second kappa shape index (κ2) is 18.8. The number of aromatic nitrogens is 4. The van der Waals surface area contributed by atoms with E-state index in [4.69, 9.17) is 0 Å². The minimum Gasteiger partial charge on any atom is -0.310 e. The van der Waals surface area contributed by atoms with Gasteiger partial charge in [0.05, 0.1) is 49.8 Å². The smallest absolute Gasteiger partial charge is 0.253 e.